The highest BCUT2D eigenvalue weighted by atomic mass is 79.9. The Morgan fingerprint density at radius 2 is 1.79 bits per heavy atom. The van der Waals surface area contributed by atoms with Gasteiger partial charge in [0.15, 0.2) is 23.1 Å². The van der Waals surface area contributed by atoms with Gasteiger partial charge in [-0.25, -0.2) is 14.4 Å². The summed E-state index contributed by atoms with van der Waals surface area (Å²) < 4.78 is 20.4. The molecule has 2 aromatic carbocycles. The maximum atomic E-state index is 13.7. The topological polar surface area (TPSA) is 50.8 Å². The number of benzene rings is 2. The Labute approximate surface area is 145 Å². The molecule has 0 fully saturated rings. The number of hydrogen-bond donors (Lipinski definition) is 1. The summed E-state index contributed by atoms with van der Waals surface area (Å²) in [7, 11) is 0. The van der Waals surface area contributed by atoms with Gasteiger partial charge < -0.3 is 9.72 Å². The minimum atomic E-state index is -0.417. The van der Waals surface area contributed by atoms with Gasteiger partial charge in [0.05, 0.1) is 5.39 Å². The molecule has 24 heavy (non-hydrogen) atoms. The first kappa shape index (κ1) is 14.8. The van der Waals surface area contributed by atoms with Crippen LogP contribution in [0.1, 0.15) is 0 Å². The minimum absolute atomic E-state index is 0.162. The fourth-order valence-corrected chi connectivity index (χ4v) is 2.62. The van der Waals surface area contributed by atoms with Gasteiger partial charge in [-0.15, -0.1) is 0 Å². The van der Waals surface area contributed by atoms with E-state index in [4.69, 9.17) is 4.74 Å². The zero-order chi connectivity index (χ0) is 16.5. The highest BCUT2D eigenvalue weighted by Gasteiger charge is 2.11. The van der Waals surface area contributed by atoms with E-state index in [1.807, 2.05) is 24.3 Å². The number of rotatable bonds is 3. The van der Waals surface area contributed by atoms with Gasteiger partial charge in [-0.1, -0.05) is 40.2 Å². The van der Waals surface area contributed by atoms with Gasteiger partial charge in [0.1, 0.15) is 5.65 Å². The van der Waals surface area contributed by atoms with Crippen LogP contribution < -0.4 is 4.74 Å². The molecule has 0 spiro atoms. The van der Waals surface area contributed by atoms with Crippen molar-refractivity contribution < 1.29 is 9.13 Å². The molecule has 0 aliphatic heterocycles. The van der Waals surface area contributed by atoms with Crippen LogP contribution in [0.25, 0.3) is 22.4 Å². The van der Waals surface area contributed by atoms with Crippen LogP contribution in [0.15, 0.2) is 65.4 Å². The number of hydrogen-bond acceptors (Lipinski definition) is 3. The lowest BCUT2D eigenvalue weighted by atomic mass is 10.2. The molecule has 0 saturated heterocycles. The predicted molar refractivity (Wildman–Crippen MR) is 93.5 cm³/mol. The molecule has 4 rings (SSSR count). The number of aromatic nitrogens is 3. The van der Waals surface area contributed by atoms with Crippen molar-refractivity contribution in [3.05, 3.63) is 71.2 Å². The summed E-state index contributed by atoms with van der Waals surface area (Å²) in [4.78, 5) is 11.9. The second-order valence-corrected chi connectivity index (χ2v) is 6.06. The van der Waals surface area contributed by atoms with E-state index < -0.39 is 5.82 Å². The zero-order valence-electron chi connectivity index (χ0n) is 12.3. The summed E-state index contributed by atoms with van der Waals surface area (Å²) >= 11 is 3.40. The average Bonchev–Trinajstić information content (AvgIpc) is 3.00. The highest BCUT2D eigenvalue weighted by molar-refractivity contribution is 9.10. The molecule has 0 aliphatic carbocycles. The minimum Gasteiger partial charge on any atom is -0.452 e. The maximum Gasteiger partial charge on any atom is 0.165 e. The highest BCUT2D eigenvalue weighted by Crippen LogP contribution is 2.31. The van der Waals surface area contributed by atoms with E-state index in [-0.39, 0.29) is 5.75 Å². The Balaban J connectivity index is 1.70. The third-order valence-electron chi connectivity index (χ3n) is 3.55. The molecular weight excluding hydrogens is 373 g/mol. The molecule has 0 saturated carbocycles. The first-order chi connectivity index (χ1) is 11.7. The van der Waals surface area contributed by atoms with Gasteiger partial charge in [0, 0.05) is 22.4 Å². The van der Waals surface area contributed by atoms with Crippen LogP contribution in [0, 0.1) is 5.82 Å². The molecule has 4 aromatic rings. The van der Waals surface area contributed by atoms with Crippen molar-refractivity contribution in [2.75, 3.05) is 0 Å². The molecule has 0 bridgehead atoms. The van der Waals surface area contributed by atoms with Gasteiger partial charge in [-0.05, 0) is 24.3 Å². The van der Waals surface area contributed by atoms with E-state index in [0.29, 0.717) is 22.6 Å². The first-order valence-electron chi connectivity index (χ1n) is 7.23. The van der Waals surface area contributed by atoms with E-state index in [0.717, 1.165) is 10.0 Å². The lowest BCUT2D eigenvalue weighted by Crippen LogP contribution is -1.90. The van der Waals surface area contributed by atoms with Crippen molar-refractivity contribution in [2.45, 2.75) is 0 Å². The summed E-state index contributed by atoms with van der Waals surface area (Å²) in [5.74, 6) is 0.835. The fraction of sp³-hybridized carbons (Fsp3) is 0. The molecule has 118 valence electrons. The van der Waals surface area contributed by atoms with Gasteiger partial charge in [0.25, 0.3) is 0 Å². The van der Waals surface area contributed by atoms with Crippen molar-refractivity contribution in [1.29, 1.82) is 0 Å². The molecule has 6 heteroatoms. The number of fused-ring (bicyclic) bond motifs is 1. The van der Waals surface area contributed by atoms with Crippen LogP contribution in [0.5, 0.6) is 11.5 Å². The number of para-hydroxylation sites is 1. The summed E-state index contributed by atoms with van der Waals surface area (Å²) in [6.07, 6.45) is 3.32. The summed E-state index contributed by atoms with van der Waals surface area (Å²) in [5, 5.41) is 0.694. The van der Waals surface area contributed by atoms with Crippen LogP contribution in [0.4, 0.5) is 4.39 Å². The van der Waals surface area contributed by atoms with E-state index in [9.17, 15) is 4.39 Å². The van der Waals surface area contributed by atoms with Gasteiger partial charge >= 0.3 is 0 Å². The standard InChI is InChI=1S/C18H11BrFN3O/c19-12-7-5-11(6-8-12)17-21-9-13-16(10-22-18(13)23-17)24-15-4-2-1-3-14(15)20/h1-10H,(H,21,22,23). The monoisotopic (exact) mass is 383 g/mol. The smallest absolute Gasteiger partial charge is 0.165 e. The Morgan fingerprint density at radius 3 is 2.58 bits per heavy atom. The Hall–Kier alpha value is -2.73. The van der Waals surface area contributed by atoms with Crippen molar-refractivity contribution in [3.63, 3.8) is 0 Å². The zero-order valence-corrected chi connectivity index (χ0v) is 13.9. The molecule has 2 aromatic heterocycles. The molecule has 2 heterocycles. The fourth-order valence-electron chi connectivity index (χ4n) is 2.35. The molecule has 0 aliphatic rings. The third kappa shape index (κ3) is 2.76. The van der Waals surface area contributed by atoms with E-state index >= 15 is 0 Å². The van der Waals surface area contributed by atoms with Crippen LogP contribution >= 0.6 is 15.9 Å². The normalized spacial score (nSPS) is 10.9. The lowest BCUT2D eigenvalue weighted by Gasteiger charge is -2.05. The Morgan fingerprint density at radius 1 is 1.00 bits per heavy atom. The number of aromatic amines is 1. The average molecular weight is 384 g/mol. The largest absolute Gasteiger partial charge is 0.452 e. The maximum absolute atomic E-state index is 13.7. The number of ether oxygens (including phenoxy) is 1. The van der Waals surface area contributed by atoms with Crippen molar-refractivity contribution >= 4 is 27.0 Å². The predicted octanol–water partition coefficient (Wildman–Crippen LogP) is 5.32. The molecule has 1 N–H and O–H groups in total. The van der Waals surface area contributed by atoms with Gasteiger partial charge in [0.2, 0.25) is 0 Å². The van der Waals surface area contributed by atoms with Gasteiger partial charge in [-0.2, -0.15) is 0 Å². The third-order valence-corrected chi connectivity index (χ3v) is 4.08. The number of nitrogens with one attached hydrogen (secondary N) is 1. The van der Waals surface area contributed by atoms with Crippen molar-refractivity contribution in [1.82, 2.24) is 15.0 Å². The van der Waals surface area contributed by atoms with Crippen molar-refractivity contribution in [2.24, 2.45) is 0 Å². The lowest BCUT2D eigenvalue weighted by molar-refractivity contribution is 0.446. The molecule has 4 nitrogen and oxygen atoms in total. The second kappa shape index (κ2) is 6.05. The van der Waals surface area contributed by atoms with Crippen LogP contribution in [-0.2, 0) is 0 Å². The van der Waals surface area contributed by atoms with Crippen LogP contribution in [0.3, 0.4) is 0 Å². The summed E-state index contributed by atoms with van der Waals surface area (Å²) in [5.41, 5.74) is 1.54. The first-order valence-corrected chi connectivity index (χ1v) is 8.02. The van der Waals surface area contributed by atoms with E-state index in [1.54, 1.807) is 30.6 Å². The van der Waals surface area contributed by atoms with E-state index in [2.05, 4.69) is 30.9 Å². The van der Waals surface area contributed by atoms with Crippen molar-refractivity contribution in [3.8, 4) is 22.9 Å². The van der Waals surface area contributed by atoms with Gasteiger partial charge in [-0.3, -0.25) is 0 Å². The number of H-pyrrole nitrogens is 1. The summed E-state index contributed by atoms with van der Waals surface area (Å²) in [6.45, 7) is 0. The summed E-state index contributed by atoms with van der Waals surface area (Å²) in [6, 6.07) is 14.0. The van der Waals surface area contributed by atoms with E-state index in [1.165, 1.54) is 6.07 Å². The molecule has 0 atom stereocenters. The Kier molecular flexibility index (Phi) is 3.74. The molecule has 0 radical (unpaired) electrons. The number of nitrogens with zero attached hydrogens (tertiary/aromatic N) is 2. The quantitative estimate of drug-likeness (QED) is 0.520. The number of halogens is 2. The molecular formula is C18H11BrFN3O. The van der Waals surface area contributed by atoms with Crippen LogP contribution in [0.2, 0.25) is 0 Å². The molecule has 0 unspecified atom stereocenters. The molecule has 0 amide bonds. The van der Waals surface area contributed by atoms with Crippen LogP contribution in [-0.4, -0.2) is 15.0 Å². The second-order valence-electron chi connectivity index (χ2n) is 5.15. The SMILES string of the molecule is Fc1ccccc1Oc1c[nH]c2nc(-c3ccc(Br)cc3)ncc12. The Bertz CT molecular complexity index is 1010.